The Kier molecular flexibility index (Phi) is 3.79. The van der Waals surface area contributed by atoms with E-state index in [-0.39, 0.29) is 0 Å². The highest BCUT2D eigenvalue weighted by atomic mass is 19.4. The number of hydrogen-bond acceptors (Lipinski definition) is 1. The van der Waals surface area contributed by atoms with Crippen molar-refractivity contribution in [2.75, 3.05) is 11.9 Å². The third-order valence-electron chi connectivity index (χ3n) is 4.97. The molecule has 0 saturated carbocycles. The van der Waals surface area contributed by atoms with Gasteiger partial charge in [-0.3, -0.25) is 0 Å². The van der Waals surface area contributed by atoms with Gasteiger partial charge in [-0.1, -0.05) is 35.9 Å². The molecule has 0 aromatic heterocycles. The van der Waals surface area contributed by atoms with Gasteiger partial charge in [-0.15, -0.1) is 0 Å². The molecule has 1 nitrogen and oxygen atoms in total. The molecular weight excluding hydrogens is 335 g/mol. The SMILES string of the molecule is Cc1ccc2c(c1)Cc1cc(N(C)c3cccc(C(F)(F)F)c3)ccc1-2. The van der Waals surface area contributed by atoms with Crippen LogP contribution in [0.4, 0.5) is 24.5 Å². The molecule has 1 aliphatic rings. The predicted octanol–water partition coefficient (Wildman–Crippen LogP) is 6.35. The number of fused-ring (bicyclic) bond motifs is 3. The van der Waals surface area contributed by atoms with E-state index in [0.29, 0.717) is 5.69 Å². The zero-order chi connectivity index (χ0) is 18.5. The minimum absolute atomic E-state index is 0.520. The highest BCUT2D eigenvalue weighted by Crippen LogP contribution is 2.40. The van der Waals surface area contributed by atoms with Gasteiger partial charge >= 0.3 is 6.18 Å². The largest absolute Gasteiger partial charge is 0.416 e. The Labute approximate surface area is 150 Å². The van der Waals surface area contributed by atoms with E-state index in [2.05, 4.69) is 37.3 Å². The molecule has 0 heterocycles. The first-order valence-electron chi connectivity index (χ1n) is 8.47. The fourth-order valence-electron chi connectivity index (χ4n) is 3.57. The zero-order valence-electron chi connectivity index (χ0n) is 14.6. The van der Waals surface area contributed by atoms with Gasteiger partial charge in [0.1, 0.15) is 0 Å². The van der Waals surface area contributed by atoms with Crippen LogP contribution in [-0.4, -0.2) is 7.05 Å². The third-order valence-corrected chi connectivity index (χ3v) is 4.97. The standard InChI is InChI=1S/C22H18F3N/c1-14-6-8-20-15(10-14)11-16-12-19(7-9-21(16)20)26(2)18-5-3-4-17(13-18)22(23,24)25/h3-10,12-13H,11H2,1-2H3. The van der Waals surface area contributed by atoms with Crippen molar-refractivity contribution in [3.05, 3.63) is 82.9 Å². The van der Waals surface area contributed by atoms with Crippen LogP contribution in [0.25, 0.3) is 11.1 Å². The number of anilines is 2. The molecule has 0 saturated heterocycles. The molecule has 0 amide bonds. The maximum Gasteiger partial charge on any atom is 0.416 e. The van der Waals surface area contributed by atoms with Crippen molar-refractivity contribution < 1.29 is 13.2 Å². The molecule has 3 aromatic carbocycles. The minimum Gasteiger partial charge on any atom is -0.345 e. The molecule has 4 rings (SSSR count). The second-order valence-corrected chi connectivity index (χ2v) is 6.79. The molecule has 0 spiro atoms. The molecule has 0 radical (unpaired) electrons. The van der Waals surface area contributed by atoms with Crippen LogP contribution < -0.4 is 4.90 Å². The van der Waals surface area contributed by atoms with Crippen molar-refractivity contribution in [2.24, 2.45) is 0 Å². The first-order valence-corrected chi connectivity index (χ1v) is 8.47. The van der Waals surface area contributed by atoms with E-state index in [9.17, 15) is 13.2 Å². The summed E-state index contributed by atoms with van der Waals surface area (Å²) in [5, 5.41) is 0. The predicted molar refractivity (Wildman–Crippen MR) is 98.9 cm³/mol. The molecule has 0 N–H and O–H groups in total. The summed E-state index contributed by atoms with van der Waals surface area (Å²) < 4.78 is 38.9. The molecule has 26 heavy (non-hydrogen) atoms. The lowest BCUT2D eigenvalue weighted by atomic mass is 10.0. The maximum absolute atomic E-state index is 13.0. The van der Waals surface area contributed by atoms with Crippen LogP contribution in [0.5, 0.6) is 0 Å². The van der Waals surface area contributed by atoms with Crippen LogP contribution in [0.15, 0.2) is 60.7 Å². The summed E-state index contributed by atoms with van der Waals surface area (Å²) in [6.07, 6.45) is -3.48. The smallest absolute Gasteiger partial charge is 0.345 e. The van der Waals surface area contributed by atoms with Crippen molar-refractivity contribution in [2.45, 2.75) is 19.5 Å². The van der Waals surface area contributed by atoms with Gasteiger partial charge in [0.25, 0.3) is 0 Å². The van der Waals surface area contributed by atoms with Crippen LogP contribution in [0.3, 0.4) is 0 Å². The van der Waals surface area contributed by atoms with E-state index in [1.165, 1.54) is 39.9 Å². The van der Waals surface area contributed by atoms with Gasteiger partial charge in [-0.05, 0) is 65.9 Å². The summed E-state index contributed by atoms with van der Waals surface area (Å²) in [6, 6.07) is 18.0. The number of hydrogen-bond donors (Lipinski definition) is 0. The molecular formula is C22H18F3N. The van der Waals surface area contributed by atoms with Gasteiger partial charge in [0.05, 0.1) is 5.56 Å². The molecule has 132 valence electrons. The first kappa shape index (κ1) is 16.7. The Morgan fingerprint density at radius 1 is 0.808 bits per heavy atom. The summed E-state index contributed by atoms with van der Waals surface area (Å²) in [7, 11) is 1.80. The summed E-state index contributed by atoms with van der Waals surface area (Å²) >= 11 is 0. The quantitative estimate of drug-likeness (QED) is 0.406. The topological polar surface area (TPSA) is 3.24 Å². The van der Waals surface area contributed by atoms with Crippen molar-refractivity contribution in [3.8, 4) is 11.1 Å². The Bertz CT molecular complexity index is 989. The lowest BCUT2D eigenvalue weighted by Crippen LogP contribution is -2.12. The third kappa shape index (κ3) is 2.85. The summed E-state index contributed by atoms with van der Waals surface area (Å²) in [5.74, 6) is 0. The molecule has 0 unspecified atom stereocenters. The van der Waals surface area contributed by atoms with Crippen LogP contribution in [0.1, 0.15) is 22.3 Å². The Morgan fingerprint density at radius 2 is 1.46 bits per heavy atom. The van der Waals surface area contributed by atoms with Crippen molar-refractivity contribution >= 4 is 11.4 Å². The first-order chi connectivity index (χ1) is 12.3. The van der Waals surface area contributed by atoms with Gasteiger partial charge < -0.3 is 4.90 Å². The molecule has 0 bridgehead atoms. The summed E-state index contributed by atoms with van der Waals surface area (Å²) in [4.78, 5) is 1.80. The minimum atomic E-state index is -4.34. The van der Waals surface area contributed by atoms with Gasteiger partial charge in [0.15, 0.2) is 0 Å². The van der Waals surface area contributed by atoms with E-state index in [4.69, 9.17) is 0 Å². The van der Waals surface area contributed by atoms with Crippen molar-refractivity contribution in [1.82, 2.24) is 0 Å². The van der Waals surface area contributed by atoms with Crippen LogP contribution in [-0.2, 0) is 12.6 Å². The molecule has 0 atom stereocenters. The van der Waals surface area contributed by atoms with E-state index in [0.717, 1.165) is 18.2 Å². The van der Waals surface area contributed by atoms with Crippen molar-refractivity contribution in [3.63, 3.8) is 0 Å². The van der Waals surface area contributed by atoms with Crippen LogP contribution in [0, 0.1) is 6.92 Å². The number of nitrogens with zero attached hydrogens (tertiary/aromatic N) is 1. The normalized spacial score (nSPS) is 12.7. The molecule has 4 heteroatoms. The van der Waals surface area contributed by atoms with E-state index in [1.54, 1.807) is 18.0 Å². The van der Waals surface area contributed by atoms with Gasteiger partial charge in [-0.25, -0.2) is 0 Å². The fraction of sp³-hybridized carbons (Fsp3) is 0.182. The monoisotopic (exact) mass is 353 g/mol. The average molecular weight is 353 g/mol. The molecule has 0 fully saturated rings. The van der Waals surface area contributed by atoms with Gasteiger partial charge in [0, 0.05) is 18.4 Å². The number of aryl methyl sites for hydroxylation is 1. The number of alkyl halides is 3. The fourth-order valence-corrected chi connectivity index (χ4v) is 3.57. The highest BCUT2D eigenvalue weighted by molar-refractivity contribution is 5.80. The van der Waals surface area contributed by atoms with E-state index >= 15 is 0 Å². The van der Waals surface area contributed by atoms with Crippen LogP contribution in [0.2, 0.25) is 0 Å². The zero-order valence-corrected chi connectivity index (χ0v) is 14.6. The number of halogens is 3. The lowest BCUT2D eigenvalue weighted by Gasteiger charge is -2.21. The van der Waals surface area contributed by atoms with Crippen molar-refractivity contribution in [1.29, 1.82) is 0 Å². The summed E-state index contributed by atoms with van der Waals surface area (Å²) in [5.41, 5.74) is 6.98. The second kappa shape index (κ2) is 5.90. The average Bonchev–Trinajstić information content (AvgIpc) is 2.96. The molecule has 3 aromatic rings. The molecule has 0 aliphatic heterocycles. The van der Waals surface area contributed by atoms with E-state index < -0.39 is 11.7 Å². The Hall–Kier alpha value is -2.75. The number of benzene rings is 3. The summed E-state index contributed by atoms with van der Waals surface area (Å²) in [6.45, 7) is 2.08. The van der Waals surface area contributed by atoms with Crippen LogP contribution >= 0.6 is 0 Å². The Balaban J connectivity index is 1.68. The van der Waals surface area contributed by atoms with Gasteiger partial charge in [0.2, 0.25) is 0 Å². The molecule has 1 aliphatic carbocycles. The highest BCUT2D eigenvalue weighted by Gasteiger charge is 2.30. The maximum atomic E-state index is 13.0. The van der Waals surface area contributed by atoms with E-state index in [1.807, 2.05) is 6.07 Å². The lowest BCUT2D eigenvalue weighted by molar-refractivity contribution is -0.137. The Morgan fingerprint density at radius 3 is 2.19 bits per heavy atom. The van der Waals surface area contributed by atoms with Gasteiger partial charge in [-0.2, -0.15) is 13.2 Å². The number of rotatable bonds is 2. The second-order valence-electron chi connectivity index (χ2n) is 6.79.